The summed E-state index contributed by atoms with van der Waals surface area (Å²) in [5.74, 6) is 0.524. The molecule has 0 radical (unpaired) electrons. The van der Waals surface area contributed by atoms with Gasteiger partial charge in [-0.1, -0.05) is 12.1 Å². The Bertz CT molecular complexity index is 668. The summed E-state index contributed by atoms with van der Waals surface area (Å²) in [4.78, 5) is 0. The summed E-state index contributed by atoms with van der Waals surface area (Å²) < 4.78 is 5.11. The quantitative estimate of drug-likeness (QED) is 0.589. The molecular weight excluding hydrogens is 296 g/mol. The van der Waals surface area contributed by atoms with Crippen LogP contribution in [0.3, 0.4) is 0 Å². The first-order valence-electron chi connectivity index (χ1n) is 7.32. The lowest BCUT2D eigenvalue weighted by molar-refractivity contribution is 0.145. The Kier molecular flexibility index (Phi) is 6.20. The van der Waals surface area contributed by atoms with Gasteiger partial charge in [0.1, 0.15) is 17.6 Å². The molecular formula is C18H20O5. The van der Waals surface area contributed by atoms with Crippen LogP contribution in [-0.4, -0.2) is 27.0 Å². The van der Waals surface area contributed by atoms with Crippen molar-refractivity contribution >= 4 is 0 Å². The standard InChI is InChI=1S/C18H20O5/c19-12-13(10-17(22)18-8-3-9-23-18)4-1-7-16(21)14-5-2-6-15(20)11-14/h1-3,5-6,8-9,11,16-17,19-22H,7,10,12H2/t4?,16-,17-/m1/s1. The molecule has 1 heterocycles. The SMILES string of the molecule is OCC(=C=CC[C@@H](O)c1cccc(O)c1)C[C@@H](O)c1ccco1. The average molecular weight is 316 g/mol. The number of aliphatic hydroxyl groups is 3. The molecule has 0 aliphatic carbocycles. The molecule has 0 fully saturated rings. The summed E-state index contributed by atoms with van der Waals surface area (Å²) in [6.07, 6.45) is 1.94. The number of furan rings is 1. The molecule has 0 unspecified atom stereocenters. The molecule has 122 valence electrons. The van der Waals surface area contributed by atoms with Crippen molar-refractivity contribution in [1.29, 1.82) is 0 Å². The van der Waals surface area contributed by atoms with Crippen LogP contribution in [0.15, 0.2) is 64.5 Å². The summed E-state index contributed by atoms with van der Waals surface area (Å²) in [5, 5.41) is 38.7. The molecule has 5 nitrogen and oxygen atoms in total. The van der Waals surface area contributed by atoms with Gasteiger partial charge in [-0.3, -0.25) is 0 Å². The lowest BCUT2D eigenvalue weighted by Gasteiger charge is -2.09. The van der Waals surface area contributed by atoms with Gasteiger partial charge in [0.25, 0.3) is 0 Å². The molecule has 0 aliphatic rings. The van der Waals surface area contributed by atoms with E-state index in [9.17, 15) is 20.4 Å². The molecule has 2 atom stereocenters. The number of phenolic OH excluding ortho intramolecular Hbond substituents is 1. The fourth-order valence-electron chi connectivity index (χ4n) is 2.17. The van der Waals surface area contributed by atoms with E-state index in [1.165, 1.54) is 18.4 Å². The van der Waals surface area contributed by atoms with Crippen LogP contribution in [-0.2, 0) is 0 Å². The molecule has 1 aromatic carbocycles. The van der Waals surface area contributed by atoms with Crippen LogP contribution in [0.4, 0.5) is 0 Å². The van der Waals surface area contributed by atoms with Crippen LogP contribution in [0.25, 0.3) is 0 Å². The van der Waals surface area contributed by atoms with Gasteiger partial charge in [0.2, 0.25) is 0 Å². The van der Waals surface area contributed by atoms with E-state index in [0.717, 1.165) is 0 Å². The maximum Gasteiger partial charge on any atom is 0.132 e. The molecule has 1 aromatic heterocycles. The molecule has 5 heteroatoms. The number of benzene rings is 1. The van der Waals surface area contributed by atoms with E-state index in [0.29, 0.717) is 16.9 Å². The zero-order valence-corrected chi connectivity index (χ0v) is 12.6. The Morgan fingerprint density at radius 2 is 2.00 bits per heavy atom. The largest absolute Gasteiger partial charge is 0.508 e. The first-order chi connectivity index (χ1) is 11.1. The number of phenols is 1. The van der Waals surface area contributed by atoms with E-state index < -0.39 is 12.2 Å². The Balaban J connectivity index is 1.98. The molecule has 0 aliphatic heterocycles. The monoisotopic (exact) mass is 316 g/mol. The van der Waals surface area contributed by atoms with Gasteiger partial charge in [-0.25, -0.2) is 0 Å². The fourth-order valence-corrected chi connectivity index (χ4v) is 2.17. The highest BCUT2D eigenvalue weighted by molar-refractivity contribution is 5.28. The van der Waals surface area contributed by atoms with Crippen molar-refractivity contribution in [3.05, 3.63) is 71.4 Å². The highest BCUT2D eigenvalue weighted by Gasteiger charge is 2.12. The van der Waals surface area contributed by atoms with Gasteiger partial charge < -0.3 is 24.8 Å². The second kappa shape index (κ2) is 8.36. The maximum absolute atomic E-state index is 10.0. The Labute approximate surface area is 134 Å². The molecule has 0 spiro atoms. The van der Waals surface area contributed by atoms with Crippen molar-refractivity contribution < 1.29 is 24.8 Å². The highest BCUT2D eigenvalue weighted by atomic mass is 16.4. The predicted molar refractivity (Wildman–Crippen MR) is 84.7 cm³/mol. The van der Waals surface area contributed by atoms with Crippen LogP contribution < -0.4 is 0 Å². The summed E-state index contributed by atoms with van der Waals surface area (Å²) in [5.41, 5.74) is 4.01. The summed E-state index contributed by atoms with van der Waals surface area (Å²) in [7, 11) is 0. The van der Waals surface area contributed by atoms with Crippen molar-refractivity contribution in [2.45, 2.75) is 25.0 Å². The first kappa shape index (κ1) is 17.1. The van der Waals surface area contributed by atoms with E-state index in [-0.39, 0.29) is 25.2 Å². The molecule has 0 saturated carbocycles. The number of rotatable bonds is 7. The van der Waals surface area contributed by atoms with Crippen molar-refractivity contribution in [3.63, 3.8) is 0 Å². The smallest absolute Gasteiger partial charge is 0.132 e. The number of hydrogen-bond acceptors (Lipinski definition) is 5. The lowest BCUT2D eigenvalue weighted by atomic mass is 10.0. The van der Waals surface area contributed by atoms with E-state index >= 15 is 0 Å². The van der Waals surface area contributed by atoms with Crippen molar-refractivity contribution in [3.8, 4) is 5.75 Å². The van der Waals surface area contributed by atoms with E-state index in [4.69, 9.17) is 4.42 Å². The van der Waals surface area contributed by atoms with Gasteiger partial charge in [-0.2, -0.15) is 0 Å². The van der Waals surface area contributed by atoms with Crippen LogP contribution >= 0.6 is 0 Å². The third-order valence-corrected chi connectivity index (χ3v) is 3.40. The third kappa shape index (κ3) is 5.13. The van der Waals surface area contributed by atoms with Crippen LogP contribution in [0, 0.1) is 0 Å². The Hall–Kier alpha value is -2.30. The molecule has 2 rings (SSSR count). The highest BCUT2D eigenvalue weighted by Crippen LogP contribution is 2.22. The van der Waals surface area contributed by atoms with Crippen molar-refractivity contribution in [2.24, 2.45) is 0 Å². The minimum atomic E-state index is -0.843. The molecule has 4 N–H and O–H groups in total. The van der Waals surface area contributed by atoms with Gasteiger partial charge in [0, 0.05) is 12.8 Å². The van der Waals surface area contributed by atoms with Crippen molar-refractivity contribution in [2.75, 3.05) is 6.61 Å². The van der Waals surface area contributed by atoms with Crippen LogP contribution in [0.5, 0.6) is 5.75 Å². The van der Waals surface area contributed by atoms with Gasteiger partial charge in [0.15, 0.2) is 0 Å². The average Bonchev–Trinajstić information content (AvgIpc) is 3.08. The third-order valence-electron chi connectivity index (χ3n) is 3.40. The normalized spacial score (nSPS) is 13.2. The van der Waals surface area contributed by atoms with E-state index in [1.54, 1.807) is 30.3 Å². The fraction of sp³-hybridized carbons (Fsp3) is 0.278. The molecule has 2 aromatic rings. The minimum Gasteiger partial charge on any atom is -0.508 e. The second-order valence-corrected chi connectivity index (χ2v) is 5.19. The van der Waals surface area contributed by atoms with Crippen LogP contribution in [0.2, 0.25) is 0 Å². The van der Waals surface area contributed by atoms with E-state index in [2.05, 4.69) is 5.73 Å². The zero-order chi connectivity index (χ0) is 16.7. The maximum atomic E-state index is 10.0. The summed E-state index contributed by atoms with van der Waals surface area (Å²) >= 11 is 0. The summed E-state index contributed by atoms with van der Waals surface area (Å²) in [6, 6.07) is 9.75. The Morgan fingerprint density at radius 1 is 1.17 bits per heavy atom. The minimum absolute atomic E-state index is 0.0960. The topological polar surface area (TPSA) is 94.1 Å². The summed E-state index contributed by atoms with van der Waals surface area (Å²) in [6.45, 7) is -0.240. The van der Waals surface area contributed by atoms with Crippen molar-refractivity contribution in [1.82, 2.24) is 0 Å². The Morgan fingerprint density at radius 3 is 2.65 bits per heavy atom. The van der Waals surface area contributed by atoms with E-state index in [1.807, 2.05) is 0 Å². The molecule has 23 heavy (non-hydrogen) atoms. The van der Waals surface area contributed by atoms with Gasteiger partial charge >= 0.3 is 0 Å². The van der Waals surface area contributed by atoms with Crippen LogP contribution in [0.1, 0.15) is 36.4 Å². The number of aromatic hydroxyl groups is 1. The first-order valence-corrected chi connectivity index (χ1v) is 7.32. The lowest BCUT2D eigenvalue weighted by Crippen LogP contribution is -2.00. The van der Waals surface area contributed by atoms with Gasteiger partial charge in [0.05, 0.1) is 19.0 Å². The number of aliphatic hydroxyl groups excluding tert-OH is 3. The zero-order valence-electron chi connectivity index (χ0n) is 12.6. The predicted octanol–water partition coefficient (Wildman–Crippen LogP) is 2.61. The second-order valence-electron chi connectivity index (χ2n) is 5.19. The molecule has 0 bridgehead atoms. The number of hydrogen-bond donors (Lipinski definition) is 4. The van der Waals surface area contributed by atoms with Gasteiger partial charge in [-0.15, -0.1) is 5.73 Å². The molecule has 0 saturated heterocycles. The van der Waals surface area contributed by atoms with Gasteiger partial charge in [-0.05, 0) is 41.5 Å². The molecule has 0 amide bonds.